The van der Waals surface area contributed by atoms with Gasteiger partial charge in [0.1, 0.15) is 11.8 Å². The average molecular weight is 298 g/mol. The van der Waals surface area contributed by atoms with Gasteiger partial charge in [0.25, 0.3) is 5.91 Å². The number of carboxylic acids is 1. The van der Waals surface area contributed by atoms with Crippen LogP contribution in [-0.2, 0) is 9.59 Å². The van der Waals surface area contributed by atoms with Crippen molar-refractivity contribution in [3.63, 3.8) is 0 Å². The average Bonchev–Trinajstić information content (AvgIpc) is 2.44. The zero-order valence-corrected chi connectivity index (χ0v) is 11.4. The molecule has 20 heavy (non-hydrogen) atoms. The molecular weight excluding hydrogens is 286 g/mol. The van der Waals surface area contributed by atoms with Gasteiger partial charge < -0.3 is 9.84 Å². The van der Waals surface area contributed by atoms with E-state index in [9.17, 15) is 14.4 Å². The first-order chi connectivity index (χ1) is 9.45. The van der Waals surface area contributed by atoms with Crippen molar-refractivity contribution in [1.29, 1.82) is 0 Å². The number of carbonyl (C=O) groups is 3. The molecule has 1 N–H and O–H groups in total. The van der Waals surface area contributed by atoms with Crippen molar-refractivity contribution in [3.8, 4) is 5.75 Å². The molecule has 0 aliphatic carbocycles. The van der Waals surface area contributed by atoms with E-state index in [4.69, 9.17) is 21.4 Å². The maximum Gasteiger partial charge on any atom is 0.326 e. The van der Waals surface area contributed by atoms with Gasteiger partial charge >= 0.3 is 5.97 Å². The molecule has 1 amide bonds. The number of ether oxygens (including phenoxy) is 1. The highest BCUT2D eigenvalue weighted by Crippen LogP contribution is 2.34. The van der Waals surface area contributed by atoms with Crippen molar-refractivity contribution in [3.05, 3.63) is 23.8 Å². The Morgan fingerprint density at radius 3 is 2.80 bits per heavy atom. The standard InChI is InChI=1S/C13H12ClNO5/c1-7(13(18)19)15-9-4-8(10(16)5-14)2-3-11(9)20-6-12(15)17/h2-4,7H,5-6H2,1H3,(H,18,19). The van der Waals surface area contributed by atoms with Crippen LogP contribution >= 0.6 is 11.6 Å². The van der Waals surface area contributed by atoms with Crippen LogP contribution in [0.5, 0.6) is 5.75 Å². The number of ketones is 1. The van der Waals surface area contributed by atoms with Gasteiger partial charge in [-0.05, 0) is 25.1 Å². The van der Waals surface area contributed by atoms with Crippen LogP contribution < -0.4 is 9.64 Å². The summed E-state index contributed by atoms with van der Waals surface area (Å²) in [5.74, 6) is -1.75. The number of Topliss-reactive ketones (excluding diaryl/α,β-unsaturated/α-hetero) is 1. The van der Waals surface area contributed by atoms with E-state index in [2.05, 4.69) is 0 Å². The number of benzene rings is 1. The highest BCUT2D eigenvalue weighted by atomic mass is 35.5. The monoisotopic (exact) mass is 297 g/mol. The number of amides is 1. The predicted molar refractivity (Wildman–Crippen MR) is 71.6 cm³/mol. The van der Waals surface area contributed by atoms with Gasteiger partial charge in [-0.3, -0.25) is 14.5 Å². The third kappa shape index (κ3) is 2.46. The number of nitrogens with zero attached hydrogens (tertiary/aromatic N) is 1. The van der Waals surface area contributed by atoms with Crippen LogP contribution in [0.25, 0.3) is 0 Å². The summed E-state index contributed by atoms with van der Waals surface area (Å²) in [7, 11) is 0. The normalized spacial score (nSPS) is 15.3. The predicted octanol–water partition coefficient (Wildman–Crippen LogP) is 1.31. The highest BCUT2D eigenvalue weighted by Gasteiger charge is 2.33. The van der Waals surface area contributed by atoms with Gasteiger partial charge in [0.15, 0.2) is 12.4 Å². The van der Waals surface area contributed by atoms with E-state index >= 15 is 0 Å². The lowest BCUT2D eigenvalue weighted by molar-refractivity contribution is -0.140. The fourth-order valence-corrected chi connectivity index (χ4v) is 2.11. The fraction of sp³-hybridized carbons (Fsp3) is 0.308. The Morgan fingerprint density at radius 2 is 2.20 bits per heavy atom. The van der Waals surface area contributed by atoms with Gasteiger partial charge in [0.05, 0.1) is 11.6 Å². The third-order valence-corrected chi connectivity index (χ3v) is 3.27. The number of aliphatic carboxylic acids is 1. The Bertz CT molecular complexity index is 586. The molecule has 1 unspecified atom stereocenters. The molecule has 1 aromatic carbocycles. The van der Waals surface area contributed by atoms with E-state index in [-0.39, 0.29) is 24.0 Å². The summed E-state index contributed by atoms with van der Waals surface area (Å²) in [5, 5.41) is 9.08. The SMILES string of the molecule is CC(C(=O)O)N1C(=O)COc2ccc(C(=O)CCl)cc21. The van der Waals surface area contributed by atoms with Gasteiger partial charge in [-0.2, -0.15) is 0 Å². The minimum Gasteiger partial charge on any atom is -0.482 e. The molecule has 6 nitrogen and oxygen atoms in total. The maximum absolute atomic E-state index is 11.9. The molecule has 0 saturated heterocycles. The van der Waals surface area contributed by atoms with Crippen molar-refractivity contribution < 1.29 is 24.2 Å². The fourth-order valence-electron chi connectivity index (χ4n) is 1.96. The molecule has 0 spiro atoms. The molecule has 1 aliphatic heterocycles. The molecule has 0 aromatic heterocycles. The number of hydrogen-bond donors (Lipinski definition) is 1. The Kier molecular flexibility index (Phi) is 3.94. The smallest absolute Gasteiger partial charge is 0.326 e. The lowest BCUT2D eigenvalue weighted by atomic mass is 10.1. The number of halogens is 1. The Labute approximate surface area is 119 Å². The Morgan fingerprint density at radius 1 is 1.50 bits per heavy atom. The molecule has 7 heteroatoms. The number of carboxylic acid groups (broad SMARTS) is 1. The van der Waals surface area contributed by atoms with Gasteiger partial charge in [0, 0.05) is 5.56 Å². The third-order valence-electron chi connectivity index (χ3n) is 3.03. The molecular formula is C13H12ClNO5. The van der Waals surface area contributed by atoms with Crippen LogP contribution in [0.4, 0.5) is 5.69 Å². The highest BCUT2D eigenvalue weighted by molar-refractivity contribution is 6.30. The van der Waals surface area contributed by atoms with Gasteiger partial charge in [-0.15, -0.1) is 11.6 Å². The second-order valence-corrected chi connectivity index (χ2v) is 4.57. The summed E-state index contributed by atoms with van der Waals surface area (Å²) in [6.45, 7) is 1.17. The Balaban J connectivity index is 2.50. The molecule has 106 valence electrons. The van der Waals surface area contributed by atoms with E-state index in [0.717, 1.165) is 4.90 Å². The van der Waals surface area contributed by atoms with Crippen LogP contribution in [-0.4, -0.2) is 41.3 Å². The van der Waals surface area contributed by atoms with E-state index in [1.807, 2.05) is 0 Å². The number of hydrogen-bond acceptors (Lipinski definition) is 4. The summed E-state index contributed by atoms with van der Waals surface area (Å²) in [5.41, 5.74) is 0.576. The maximum atomic E-state index is 11.9. The van der Waals surface area contributed by atoms with E-state index in [0.29, 0.717) is 11.3 Å². The summed E-state index contributed by atoms with van der Waals surface area (Å²) in [6, 6.07) is 3.44. The van der Waals surface area contributed by atoms with E-state index in [1.165, 1.54) is 25.1 Å². The minimum absolute atomic E-state index is 0.192. The van der Waals surface area contributed by atoms with Crippen molar-refractivity contribution in [2.75, 3.05) is 17.4 Å². The molecule has 1 atom stereocenters. The zero-order chi connectivity index (χ0) is 14.9. The molecule has 2 rings (SSSR count). The first kappa shape index (κ1) is 14.3. The second-order valence-electron chi connectivity index (χ2n) is 4.31. The number of anilines is 1. The summed E-state index contributed by atoms with van der Waals surface area (Å²) < 4.78 is 5.24. The van der Waals surface area contributed by atoms with Crippen LogP contribution in [0.15, 0.2) is 18.2 Å². The van der Waals surface area contributed by atoms with Crippen molar-refractivity contribution in [2.45, 2.75) is 13.0 Å². The first-order valence-corrected chi connectivity index (χ1v) is 6.40. The molecule has 0 radical (unpaired) electrons. The number of carbonyl (C=O) groups excluding carboxylic acids is 2. The largest absolute Gasteiger partial charge is 0.482 e. The number of fused-ring (bicyclic) bond motifs is 1. The summed E-state index contributed by atoms with van der Waals surface area (Å²) >= 11 is 5.49. The van der Waals surface area contributed by atoms with E-state index < -0.39 is 17.9 Å². The van der Waals surface area contributed by atoms with Crippen LogP contribution in [0, 0.1) is 0 Å². The number of alkyl halides is 1. The minimum atomic E-state index is -1.14. The summed E-state index contributed by atoms with van der Waals surface area (Å²) in [4.78, 5) is 35.7. The van der Waals surface area contributed by atoms with Gasteiger partial charge in [0.2, 0.25) is 0 Å². The lowest BCUT2D eigenvalue weighted by Crippen LogP contribution is -2.48. The van der Waals surface area contributed by atoms with Gasteiger partial charge in [-0.1, -0.05) is 0 Å². The molecule has 0 bridgehead atoms. The van der Waals surface area contributed by atoms with Crippen LogP contribution in [0.2, 0.25) is 0 Å². The summed E-state index contributed by atoms with van der Waals surface area (Å²) in [6.07, 6.45) is 0. The van der Waals surface area contributed by atoms with Gasteiger partial charge in [-0.25, -0.2) is 4.79 Å². The Hall–Kier alpha value is -2.08. The van der Waals surface area contributed by atoms with E-state index in [1.54, 1.807) is 0 Å². The van der Waals surface area contributed by atoms with Crippen molar-refractivity contribution >= 4 is 34.9 Å². The lowest BCUT2D eigenvalue weighted by Gasteiger charge is -2.32. The van der Waals surface area contributed by atoms with Crippen LogP contribution in [0.1, 0.15) is 17.3 Å². The first-order valence-electron chi connectivity index (χ1n) is 5.86. The van der Waals surface area contributed by atoms with Crippen molar-refractivity contribution in [1.82, 2.24) is 0 Å². The van der Waals surface area contributed by atoms with Crippen LogP contribution in [0.3, 0.4) is 0 Å². The molecule has 1 heterocycles. The molecule has 1 aromatic rings. The zero-order valence-electron chi connectivity index (χ0n) is 10.6. The molecule has 0 saturated carbocycles. The topological polar surface area (TPSA) is 83.9 Å². The molecule has 0 fully saturated rings. The quantitative estimate of drug-likeness (QED) is 0.669. The molecule has 1 aliphatic rings. The second kappa shape index (κ2) is 5.50. The number of rotatable bonds is 4. The van der Waals surface area contributed by atoms with Crippen molar-refractivity contribution in [2.24, 2.45) is 0 Å².